The van der Waals surface area contributed by atoms with Crippen molar-refractivity contribution in [2.24, 2.45) is 0 Å². The van der Waals surface area contributed by atoms with Crippen LogP contribution in [0.2, 0.25) is 0 Å². The highest BCUT2D eigenvalue weighted by Gasteiger charge is 2.23. The van der Waals surface area contributed by atoms with E-state index in [0.29, 0.717) is 31.0 Å². The molecular formula is C13H16N2O3. The highest BCUT2D eigenvalue weighted by Crippen LogP contribution is 2.21. The number of nitrogens with zero attached hydrogens (tertiary/aromatic N) is 2. The standard InChI is InChI=1S/C13H16N2O3/c1-2-18-13(17)11-6-3-7-14-12(11)15-8-4-5-10(16)9-15/h3,6-7H,2,4-5,8-9H2,1H3. The Hall–Kier alpha value is -1.91. The average Bonchev–Trinajstić information content (AvgIpc) is 2.39. The van der Waals surface area contributed by atoms with Crippen molar-refractivity contribution in [2.75, 3.05) is 24.6 Å². The van der Waals surface area contributed by atoms with Crippen molar-refractivity contribution < 1.29 is 14.3 Å². The zero-order chi connectivity index (χ0) is 13.0. The summed E-state index contributed by atoms with van der Waals surface area (Å²) in [4.78, 5) is 29.3. The van der Waals surface area contributed by atoms with Gasteiger partial charge in [-0.3, -0.25) is 4.79 Å². The molecular weight excluding hydrogens is 232 g/mol. The van der Waals surface area contributed by atoms with Gasteiger partial charge in [-0.05, 0) is 25.5 Å². The number of hydrogen-bond acceptors (Lipinski definition) is 5. The van der Waals surface area contributed by atoms with E-state index < -0.39 is 5.97 Å². The van der Waals surface area contributed by atoms with Crippen LogP contribution in [0.15, 0.2) is 18.3 Å². The van der Waals surface area contributed by atoms with Crippen molar-refractivity contribution >= 4 is 17.6 Å². The summed E-state index contributed by atoms with van der Waals surface area (Å²) in [5.41, 5.74) is 0.425. The minimum Gasteiger partial charge on any atom is -0.462 e. The Kier molecular flexibility index (Phi) is 3.92. The average molecular weight is 248 g/mol. The smallest absolute Gasteiger partial charge is 0.341 e. The summed E-state index contributed by atoms with van der Waals surface area (Å²) in [6, 6.07) is 3.38. The lowest BCUT2D eigenvalue weighted by Gasteiger charge is -2.27. The van der Waals surface area contributed by atoms with Gasteiger partial charge in [-0.1, -0.05) is 0 Å². The Balaban J connectivity index is 2.26. The summed E-state index contributed by atoms with van der Waals surface area (Å²) >= 11 is 0. The van der Waals surface area contributed by atoms with Gasteiger partial charge >= 0.3 is 5.97 Å². The van der Waals surface area contributed by atoms with E-state index in [2.05, 4.69) is 4.98 Å². The van der Waals surface area contributed by atoms with Crippen LogP contribution in [0, 0.1) is 0 Å². The fourth-order valence-electron chi connectivity index (χ4n) is 2.04. The third-order valence-electron chi connectivity index (χ3n) is 2.83. The molecule has 96 valence electrons. The highest BCUT2D eigenvalue weighted by molar-refractivity contribution is 5.96. The van der Waals surface area contributed by atoms with E-state index in [4.69, 9.17) is 4.74 Å². The number of piperidine rings is 1. The predicted octanol–water partition coefficient (Wildman–Crippen LogP) is 1.43. The zero-order valence-electron chi connectivity index (χ0n) is 10.4. The van der Waals surface area contributed by atoms with Crippen LogP contribution in [0.25, 0.3) is 0 Å². The van der Waals surface area contributed by atoms with Crippen LogP contribution < -0.4 is 4.90 Å². The Labute approximate surface area is 106 Å². The molecule has 0 saturated carbocycles. The van der Waals surface area contributed by atoms with Gasteiger partial charge in [0.2, 0.25) is 0 Å². The van der Waals surface area contributed by atoms with Crippen molar-refractivity contribution in [3.63, 3.8) is 0 Å². The number of esters is 1. The van der Waals surface area contributed by atoms with Crippen LogP contribution >= 0.6 is 0 Å². The van der Waals surface area contributed by atoms with Crippen molar-refractivity contribution in [3.8, 4) is 0 Å². The Bertz CT molecular complexity index is 459. The number of aromatic nitrogens is 1. The number of ether oxygens (including phenoxy) is 1. The minimum absolute atomic E-state index is 0.182. The normalized spacial score (nSPS) is 15.6. The molecule has 5 heteroatoms. The SMILES string of the molecule is CCOC(=O)c1cccnc1N1CCCC(=O)C1. The fourth-order valence-corrected chi connectivity index (χ4v) is 2.04. The van der Waals surface area contributed by atoms with Crippen LogP contribution in [0.3, 0.4) is 0 Å². The molecule has 0 aliphatic carbocycles. The van der Waals surface area contributed by atoms with E-state index in [1.54, 1.807) is 25.3 Å². The molecule has 18 heavy (non-hydrogen) atoms. The van der Waals surface area contributed by atoms with E-state index in [9.17, 15) is 9.59 Å². The summed E-state index contributed by atoms with van der Waals surface area (Å²) in [6.07, 6.45) is 3.03. The van der Waals surface area contributed by atoms with Crippen molar-refractivity contribution in [3.05, 3.63) is 23.9 Å². The molecule has 1 aliphatic rings. The molecule has 5 nitrogen and oxygen atoms in total. The summed E-state index contributed by atoms with van der Waals surface area (Å²) < 4.78 is 5.00. The van der Waals surface area contributed by atoms with Crippen LogP contribution in [0.4, 0.5) is 5.82 Å². The molecule has 0 aromatic carbocycles. The third-order valence-corrected chi connectivity index (χ3v) is 2.83. The predicted molar refractivity (Wildman–Crippen MR) is 66.6 cm³/mol. The van der Waals surface area contributed by atoms with Crippen molar-refractivity contribution in [1.82, 2.24) is 4.98 Å². The van der Waals surface area contributed by atoms with Gasteiger partial charge in [0.05, 0.1) is 13.2 Å². The van der Waals surface area contributed by atoms with Gasteiger partial charge in [0.1, 0.15) is 11.4 Å². The second-order valence-corrected chi connectivity index (χ2v) is 4.16. The Morgan fingerprint density at radius 3 is 3.11 bits per heavy atom. The number of carbonyl (C=O) groups is 2. The summed E-state index contributed by atoms with van der Waals surface area (Å²) in [5.74, 6) is 0.337. The summed E-state index contributed by atoms with van der Waals surface area (Å²) in [6.45, 7) is 3.16. The number of pyridine rings is 1. The van der Waals surface area contributed by atoms with Crippen LogP contribution in [0.1, 0.15) is 30.1 Å². The zero-order valence-corrected chi connectivity index (χ0v) is 10.4. The first-order chi connectivity index (χ1) is 8.72. The maximum atomic E-state index is 11.8. The van der Waals surface area contributed by atoms with Gasteiger partial charge < -0.3 is 9.64 Å². The number of ketones is 1. The van der Waals surface area contributed by atoms with Gasteiger partial charge in [-0.2, -0.15) is 0 Å². The van der Waals surface area contributed by atoms with E-state index in [1.807, 2.05) is 4.90 Å². The van der Waals surface area contributed by atoms with Crippen LogP contribution in [-0.2, 0) is 9.53 Å². The van der Waals surface area contributed by atoms with Crippen molar-refractivity contribution in [1.29, 1.82) is 0 Å². The molecule has 2 rings (SSSR count). The first kappa shape index (κ1) is 12.5. The molecule has 1 aromatic heterocycles. The van der Waals surface area contributed by atoms with Gasteiger partial charge in [0, 0.05) is 19.2 Å². The van der Waals surface area contributed by atoms with Gasteiger partial charge in [0.15, 0.2) is 5.78 Å². The molecule has 0 unspecified atom stereocenters. The molecule has 1 aliphatic heterocycles. The third kappa shape index (κ3) is 2.67. The van der Waals surface area contributed by atoms with Gasteiger partial charge in [0.25, 0.3) is 0 Å². The minimum atomic E-state index is -0.390. The van der Waals surface area contributed by atoms with Crippen molar-refractivity contribution in [2.45, 2.75) is 19.8 Å². The first-order valence-electron chi connectivity index (χ1n) is 6.11. The lowest BCUT2D eigenvalue weighted by atomic mass is 10.1. The van der Waals surface area contributed by atoms with Gasteiger partial charge in [-0.25, -0.2) is 9.78 Å². The second-order valence-electron chi connectivity index (χ2n) is 4.16. The molecule has 0 N–H and O–H groups in total. The molecule has 1 fully saturated rings. The number of Topliss-reactive ketones (excluding diaryl/α,β-unsaturated/α-hetero) is 1. The lowest BCUT2D eigenvalue weighted by Crippen LogP contribution is -2.37. The number of hydrogen-bond donors (Lipinski definition) is 0. The largest absolute Gasteiger partial charge is 0.462 e. The molecule has 0 spiro atoms. The molecule has 0 atom stereocenters. The highest BCUT2D eigenvalue weighted by atomic mass is 16.5. The van der Waals surface area contributed by atoms with E-state index >= 15 is 0 Å². The second kappa shape index (κ2) is 5.62. The molecule has 1 aromatic rings. The summed E-state index contributed by atoms with van der Waals surface area (Å²) in [7, 11) is 0. The molecule has 0 bridgehead atoms. The van der Waals surface area contributed by atoms with Gasteiger partial charge in [-0.15, -0.1) is 0 Å². The quantitative estimate of drug-likeness (QED) is 0.757. The van der Waals surface area contributed by atoms with E-state index in [-0.39, 0.29) is 5.78 Å². The van der Waals surface area contributed by atoms with Crippen LogP contribution in [0.5, 0.6) is 0 Å². The lowest BCUT2D eigenvalue weighted by molar-refractivity contribution is -0.118. The number of rotatable bonds is 3. The maximum absolute atomic E-state index is 11.8. The Morgan fingerprint density at radius 1 is 1.56 bits per heavy atom. The Morgan fingerprint density at radius 2 is 2.39 bits per heavy atom. The maximum Gasteiger partial charge on any atom is 0.341 e. The van der Waals surface area contributed by atoms with E-state index in [1.165, 1.54) is 0 Å². The number of carbonyl (C=O) groups excluding carboxylic acids is 2. The first-order valence-corrected chi connectivity index (χ1v) is 6.11. The molecule has 1 saturated heterocycles. The molecule has 0 amide bonds. The molecule has 0 radical (unpaired) electrons. The topological polar surface area (TPSA) is 59.5 Å². The number of anilines is 1. The monoisotopic (exact) mass is 248 g/mol. The van der Waals surface area contributed by atoms with Crippen LogP contribution in [-0.4, -0.2) is 36.4 Å². The van der Waals surface area contributed by atoms with E-state index in [0.717, 1.165) is 13.0 Å². The molecule has 2 heterocycles. The fraction of sp³-hybridized carbons (Fsp3) is 0.462. The summed E-state index contributed by atoms with van der Waals surface area (Å²) in [5, 5.41) is 0.